The van der Waals surface area contributed by atoms with Gasteiger partial charge in [0.05, 0.1) is 24.3 Å². The summed E-state index contributed by atoms with van der Waals surface area (Å²) in [5.74, 6) is 0.351. The summed E-state index contributed by atoms with van der Waals surface area (Å²) in [4.78, 5) is 28.5. The fourth-order valence-electron chi connectivity index (χ4n) is 3.58. The van der Waals surface area contributed by atoms with E-state index in [0.717, 1.165) is 33.8 Å². The number of rotatable bonds is 8. The summed E-state index contributed by atoms with van der Waals surface area (Å²) >= 11 is 1.56. The molecule has 0 aliphatic heterocycles. The zero-order valence-corrected chi connectivity index (χ0v) is 21.3. The Morgan fingerprint density at radius 2 is 1.91 bits per heavy atom. The van der Waals surface area contributed by atoms with Gasteiger partial charge in [0.1, 0.15) is 5.82 Å². The zero-order valence-electron chi connectivity index (χ0n) is 20.4. The summed E-state index contributed by atoms with van der Waals surface area (Å²) in [6.07, 6.45) is 1.11. The number of hydrogen-bond donors (Lipinski definition) is 1. The Balaban J connectivity index is 1.84. The minimum atomic E-state index is -0.227. The number of carbonyl (C=O) groups is 2. The van der Waals surface area contributed by atoms with E-state index in [1.54, 1.807) is 20.9 Å². The fourth-order valence-corrected chi connectivity index (χ4v) is 4.27. The van der Waals surface area contributed by atoms with E-state index in [2.05, 4.69) is 46.0 Å². The first-order valence-electron chi connectivity index (χ1n) is 11.4. The van der Waals surface area contributed by atoms with Gasteiger partial charge >= 0.3 is 0 Å². The lowest BCUT2D eigenvalue weighted by Gasteiger charge is -2.21. The van der Waals surface area contributed by atoms with Gasteiger partial charge in [0.2, 0.25) is 11.8 Å². The number of amides is 2. The second-order valence-corrected chi connectivity index (χ2v) is 10.4. The normalized spacial score (nSPS) is 11.5. The van der Waals surface area contributed by atoms with Crippen LogP contribution in [0.25, 0.3) is 5.69 Å². The van der Waals surface area contributed by atoms with Crippen LogP contribution in [0.2, 0.25) is 0 Å². The van der Waals surface area contributed by atoms with Crippen molar-refractivity contribution in [1.29, 1.82) is 0 Å². The van der Waals surface area contributed by atoms with Crippen LogP contribution in [0.4, 0.5) is 5.82 Å². The van der Waals surface area contributed by atoms with Crippen molar-refractivity contribution < 1.29 is 9.59 Å². The van der Waals surface area contributed by atoms with Crippen LogP contribution < -0.4 is 5.32 Å². The summed E-state index contributed by atoms with van der Waals surface area (Å²) in [5, 5.41) is 9.81. The Morgan fingerprint density at radius 3 is 2.55 bits per heavy atom. The van der Waals surface area contributed by atoms with E-state index in [-0.39, 0.29) is 23.8 Å². The number of anilines is 1. The van der Waals surface area contributed by atoms with E-state index in [9.17, 15) is 9.59 Å². The molecule has 0 fully saturated rings. The number of carbonyl (C=O) groups excluding carboxylic acids is 2. The van der Waals surface area contributed by atoms with Crippen molar-refractivity contribution in [1.82, 2.24) is 14.7 Å². The predicted octanol–water partition coefficient (Wildman–Crippen LogP) is 5.27. The van der Waals surface area contributed by atoms with Crippen molar-refractivity contribution >= 4 is 29.0 Å². The third-order valence-corrected chi connectivity index (χ3v) is 6.51. The van der Waals surface area contributed by atoms with Crippen LogP contribution in [0.1, 0.15) is 55.8 Å². The molecule has 6 nitrogen and oxygen atoms in total. The van der Waals surface area contributed by atoms with Crippen LogP contribution >= 0.6 is 11.3 Å². The standard InChI is InChI=1S/C26H34N4O2S/c1-7-13-29(25(32)15-20-11-9-14-33-20)17-24(31)27-23-16-22(26(4,5)6)28-30(23)21-12-8-10-18(2)19(21)3/h8-12,14,16H,7,13,15,17H2,1-6H3,(H,27,31). The lowest BCUT2D eigenvalue weighted by molar-refractivity contribution is -0.134. The van der Waals surface area contributed by atoms with Gasteiger partial charge in [0.25, 0.3) is 0 Å². The van der Waals surface area contributed by atoms with Crippen LogP contribution in [0, 0.1) is 13.8 Å². The Kier molecular flexibility index (Phi) is 7.74. The van der Waals surface area contributed by atoms with Gasteiger partial charge in [-0.3, -0.25) is 9.59 Å². The summed E-state index contributed by atoms with van der Waals surface area (Å²) < 4.78 is 1.80. The predicted molar refractivity (Wildman–Crippen MR) is 135 cm³/mol. The molecule has 0 saturated heterocycles. The molecule has 176 valence electrons. The molecule has 0 atom stereocenters. The molecule has 7 heteroatoms. The van der Waals surface area contributed by atoms with Gasteiger partial charge in [0, 0.05) is 22.9 Å². The number of nitrogens with one attached hydrogen (secondary N) is 1. The average molecular weight is 467 g/mol. The van der Waals surface area contributed by atoms with E-state index in [4.69, 9.17) is 5.10 Å². The Morgan fingerprint density at radius 1 is 1.15 bits per heavy atom. The number of nitrogens with zero attached hydrogens (tertiary/aromatic N) is 3. The molecule has 0 saturated carbocycles. The van der Waals surface area contributed by atoms with E-state index < -0.39 is 0 Å². The van der Waals surface area contributed by atoms with E-state index in [1.165, 1.54) is 0 Å². The topological polar surface area (TPSA) is 67.2 Å². The van der Waals surface area contributed by atoms with Crippen molar-refractivity contribution in [3.63, 3.8) is 0 Å². The number of aromatic nitrogens is 2. The summed E-state index contributed by atoms with van der Waals surface area (Å²) in [6, 6.07) is 11.9. The van der Waals surface area contributed by atoms with Crippen LogP contribution in [-0.2, 0) is 21.4 Å². The molecule has 0 unspecified atom stereocenters. The second kappa shape index (κ2) is 10.3. The quantitative estimate of drug-likeness (QED) is 0.492. The smallest absolute Gasteiger partial charge is 0.245 e. The number of hydrogen-bond acceptors (Lipinski definition) is 4. The molecular formula is C26H34N4O2S. The molecule has 1 aromatic carbocycles. The highest BCUT2D eigenvalue weighted by atomic mass is 32.1. The van der Waals surface area contributed by atoms with Crippen LogP contribution in [0.5, 0.6) is 0 Å². The maximum atomic E-state index is 13.1. The summed E-state index contributed by atoms with van der Waals surface area (Å²) in [6.45, 7) is 13.0. The van der Waals surface area contributed by atoms with Gasteiger partial charge in [-0.1, -0.05) is 45.9 Å². The maximum absolute atomic E-state index is 13.1. The molecule has 0 aliphatic rings. The van der Waals surface area contributed by atoms with E-state index in [1.807, 2.05) is 42.6 Å². The Labute approximate surface area is 200 Å². The molecule has 33 heavy (non-hydrogen) atoms. The molecule has 1 N–H and O–H groups in total. The molecule has 0 spiro atoms. The average Bonchev–Trinajstić information content (AvgIpc) is 3.39. The maximum Gasteiger partial charge on any atom is 0.245 e. The number of thiophene rings is 1. The lowest BCUT2D eigenvalue weighted by atomic mass is 9.92. The fraction of sp³-hybridized carbons (Fsp3) is 0.423. The van der Waals surface area contributed by atoms with Gasteiger partial charge in [-0.15, -0.1) is 11.3 Å². The summed E-state index contributed by atoms with van der Waals surface area (Å²) in [5.41, 5.74) is 3.91. The third kappa shape index (κ3) is 6.11. The third-order valence-electron chi connectivity index (χ3n) is 5.64. The first-order chi connectivity index (χ1) is 15.6. The van der Waals surface area contributed by atoms with Crippen LogP contribution in [0.15, 0.2) is 41.8 Å². The first kappa shape index (κ1) is 24.7. The molecule has 0 aliphatic carbocycles. The highest BCUT2D eigenvalue weighted by molar-refractivity contribution is 7.10. The van der Waals surface area contributed by atoms with Gasteiger partial charge < -0.3 is 10.2 Å². The van der Waals surface area contributed by atoms with Gasteiger partial charge in [-0.05, 0) is 48.9 Å². The van der Waals surface area contributed by atoms with Crippen molar-refractivity contribution in [2.24, 2.45) is 0 Å². The van der Waals surface area contributed by atoms with Gasteiger partial charge in [-0.25, -0.2) is 4.68 Å². The zero-order chi connectivity index (χ0) is 24.2. The minimum Gasteiger partial charge on any atom is -0.333 e. The molecular weight excluding hydrogens is 432 g/mol. The van der Waals surface area contributed by atoms with E-state index >= 15 is 0 Å². The van der Waals surface area contributed by atoms with Crippen molar-refractivity contribution in [2.75, 3.05) is 18.4 Å². The first-order valence-corrected chi connectivity index (χ1v) is 12.2. The Hall–Kier alpha value is -2.93. The molecule has 2 heterocycles. The molecule has 3 aromatic rings. The number of benzene rings is 1. The number of aryl methyl sites for hydroxylation is 1. The molecule has 2 aromatic heterocycles. The highest BCUT2D eigenvalue weighted by Crippen LogP contribution is 2.28. The van der Waals surface area contributed by atoms with Crippen LogP contribution in [-0.4, -0.2) is 39.6 Å². The van der Waals surface area contributed by atoms with Crippen LogP contribution in [0.3, 0.4) is 0 Å². The van der Waals surface area contributed by atoms with E-state index in [0.29, 0.717) is 18.8 Å². The summed E-state index contributed by atoms with van der Waals surface area (Å²) in [7, 11) is 0. The minimum absolute atomic E-state index is 0.0148. The molecule has 2 amide bonds. The largest absolute Gasteiger partial charge is 0.333 e. The second-order valence-electron chi connectivity index (χ2n) is 9.42. The molecule has 0 bridgehead atoms. The Bertz CT molecular complexity index is 1110. The molecule has 0 radical (unpaired) electrons. The van der Waals surface area contributed by atoms with Gasteiger partial charge in [0.15, 0.2) is 0 Å². The van der Waals surface area contributed by atoms with Crippen molar-refractivity contribution in [3.8, 4) is 5.69 Å². The van der Waals surface area contributed by atoms with Crippen molar-refractivity contribution in [3.05, 3.63) is 63.5 Å². The SMILES string of the molecule is CCCN(CC(=O)Nc1cc(C(C)(C)C)nn1-c1cccc(C)c1C)C(=O)Cc1cccs1. The monoisotopic (exact) mass is 466 g/mol. The van der Waals surface area contributed by atoms with Gasteiger partial charge in [-0.2, -0.15) is 5.10 Å². The lowest BCUT2D eigenvalue weighted by Crippen LogP contribution is -2.39. The van der Waals surface area contributed by atoms with Crippen molar-refractivity contribution in [2.45, 2.75) is 59.8 Å². The highest BCUT2D eigenvalue weighted by Gasteiger charge is 2.23. The molecule has 3 rings (SSSR count).